The molecule has 3 atom stereocenters. The van der Waals surface area contributed by atoms with Gasteiger partial charge >= 0.3 is 0 Å². The van der Waals surface area contributed by atoms with Crippen LogP contribution in [-0.2, 0) is 22.7 Å². The van der Waals surface area contributed by atoms with E-state index in [4.69, 9.17) is 0 Å². The normalized spacial score (nSPS) is 28.3. The Balaban J connectivity index is 1.43. The average Bonchev–Trinajstić information content (AvgIpc) is 2.97. The van der Waals surface area contributed by atoms with Crippen LogP contribution in [0.5, 0.6) is 0 Å². The maximum Gasteiger partial charge on any atom is 0.255 e. The average molecular weight is 370 g/mol. The fraction of sp³-hybridized carbons (Fsp3) is 0.550. The van der Waals surface area contributed by atoms with Gasteiger partial charge in [-0.15, -0.1) is 0 Å². The molecule has 7 heteroatoms. The van der Waals surface area contributed by atoms with Crippen LogP contribution >= 0.6 is 0 Å². The van der Waals surface area contributed by atoms with E-state index in [1.165, 1.54) is 6.42 Å². The highest BCUT2D eigenvalue weighted by Gasteiger charge is 2.39. The standard InChI is InChI=1S/C20H26N4O3/c1-12-16(3-2-8-21-12)22-10-13-4-5-14-11-24(20(27)15(14)9-13)17-6-7-18(25)23-19(17)26/h4-5,9,12,16-17,21-22H,2-3,6-8,10-11H2,1H3,(H,23,25,26)/t12-,16-,17?/m1/s1. The third-order valence-corrected chi connectivity index (χ3v) is 5.92. The van der Waals surface area contributed by atoms with Crippen molar-refractivity contribution in [1.29, 1.82) is 0 Å². The molecule has 3 N–H and O–H groups in total. The monoisotopic (exact) mass is 370 g/mol. The summed E-state index contributed by atoms with van der Waals surface area (Å²) >= 11 is 0. The smallest absolute Gasteiger partial charge is 0.255 e. The molecule has 144 valence electrons. The second kappa shape index (κ2) is 7.40. The van der Waals surface area contributed by atoms with Gasteiger partial charge in [0.1, 0.15) is 6.04 Å². The van der Waals surface area contributed by atoms with Gasteiger partial charge in [-0.25, -0.2) is 0 Å². The molecule has 0 bridgehead atoms. The minimum Gasteiger partial charge on any atom is -0.322 e. The van der Waals surface area contributed by atoms with Crippen LogP contribution in [0.3, 0.4) is 0 Å². The van der Waals surface area contributed by atoms with Gasteiger partial charge in [0.25, 0.3) is 5.91 Å². The zero-order valence-corrected chi connectivity index (χ0v) is 15.6. The van der Waals surface area contributed by atoms with Gasteiger partial charge in [0, 0.05) is 37.2 Å². The summed E-state index contributed by atoms with van der Waals surface area (Å²) in [6, 6.07) is 6.29. The number of piperidine rings is 2. The molecule has 4 rings (SSSR count). The number of carbonyl (C=O) groups excluding carboxylic acids is 3. The number of amides is 3. The van der Waals surface area contributed by atoms with Crippen LogP contribution in [0.4, 0.5) is 0 Å². The van der Waals surface area contributed by atoms with E-state index in [0.717, 1.165) is 30.6 Å². The van der Waals surface area contributed by atoms with E-state index in [0.29, 0.717) is 30.6 Å². The number of nitrogens with one attached hydrogen (secondary N) is 3. The number of hydrogen-bond acceptors (Lipinski definition) is 5. The van der Waals surface area contributed by atoms with Crippen LogP contribution in [0.2, 0.25) is 0 Å². The molecule has 0 aliphatic carbocycles. The first kappa shape index (κ1) is 18.1. The summed E-state index contributed by atoms with van der Waals surface area (Å²) in [7, 11) is 0. The van der Waals surface area contributed by atoms with E-state index in [-0.39, 0.29) is 24.1 Å². The van der Waals surface area contributed by atoms with E-state index < -0.39 is 6.04 Å². The van der Waals surface area contributed by atoms with Gasteiger partial charge in [-0.3, -0.25) is 19.7 Å². The molecule has 2 fully saturated rings. The Hall–Kier alpha value is -2.25. The zero-order valence-electron chi connectivity index (χ0n) is 15.6. The number of hydrogen-bond donors (Lipinski definition) is 3. The van der Waals surface area contributed by atoms with E-state index >= 15 is 0 Å². The molecule has 3 heterocycles. The van der Waals surface area contributed by atoms with Crippen molar-refractivity contribution in [3.05, 3.63) is 34.9 Å². The first-order valence-corrected chi connectivity index (χ1v) is 9.76. The highest BCUT2D eigenvalue weighted by atomic mass is 16.2. The van der Waals surface area contributed by atoms with Gasteiger partial charge in [0.05, 0.1) is 0 Å². The van der Waals surface area contributed by atoms with Crippen molar-refractivity contribution in [1.82, 2.24) is 20.9 Å². The Bertz CT molecular complexity index is 778. The van der Waals surface area contributed by atoms with E-state index in [1.54, 1.807) is 4.90 Å². The van der Waals surface area contributed by atoms with Crippen LogP contribution in [0, 0.1) is 0 Å². The van der Waals surface area contributed by atoms with Crippen LogP contribution in [0.15, 0.2) is 18.2 Å². The molecule has 0 saturated carbocycles. The summed E-state index contributed by atoms with van der Waals surface area (Å²) in [4.78, 5) is 37.9. The van der Waals surface area contributed by atoms with Gasteiger partial charge in [0.15, 0.2) is 0 Å². The molecule has 7 nitrogen and oxygen atoms in total. The molecule has 1 aromatic rings. The predicted molar refractivity (Wildman–Crippen MR) is 99.8 cm³/mol. The van der Waals surface area contributed by atoms with Crippen LogP contribution in [-0.4, -0.2) is 47.3 Å². The molecule has 3 amide bonds. The lowest BCUT2D eigenvalue weighted by Gasteiger charge is -2.30. The van der Waals surface area contributed by atoms with E-state index in [2.05, 4.69) is 22.9 Å². The van der Waals surface area contributed by atoms with E-state index in [9.17, 15) is 14.4 Å². The van der Waals surface area contributed by atoms with Crippen molar-refractivity contribution in [3.8, 4) is 0 Å². The molecule has 27 heavy (non-hydrogen) atoms. The van der Waals surface area contributed by atoms with Crippen molar-refractivity contribution in [2.75, 3.05) is 6.54 Å². The topological polar surface area (TPSA) is 90.5 Å². The van der Waals surface area contributed by atoms with Crippen molar-refractivity contribution >= 4 is 17.7 Å². The highest BCUT2D eigenvalue weighted by molar-refractivity contribution is 6.05. The summed E-state index contributed by atoms with van der Waals surface area (Å²) in [5.41, 5.74) is 2.69. The van der Waals surface area contributed by atoms with Crippen LogP contribution in [0.1, 0.15) is 54.1 Å². The SMILES string of the molecule is C[C@H]1NCCC[C@H]1NCc1ccc2c(c1)C(=O)N(C1CCC(=O)NC1=O)C2. The minimum atomic E-state index is -0.557. The van der Waals surface area contributed by atoms with Crippen molar-refractivity contribution < 1.29 is 14.4 Å². The molecule has 0 spiro atoms. The molecule has 1 unspecified atom stereocenters. The largest absolute Gasteiger partial charge is 0.322 e. The van der Waals surface area contributed by atoms with E-state index in [1.807, 2.05) is 18.2 Å². The molecule has 1 aromatic carbocycles. The van der Waals surface area contributed by atoms with Gasteiger partial charge in [-0.1, -0.05) is 12.1 Å². The lowest BCUT2D eigenvalue weighted by atomic mass is 9.99. The van der Waals surface area contributed by atoms with Crippen molar-refractivity contribution in [2.45, 2.75) is 63.8 Å². The number of carbonyl (C=O) groups is 3. The Morgan fingerprint density at radius 3 is 2.85 bits per heavy atom. The first-order valence-electron chi connectivity index (χ1n) is 9.76. The lowest BCUT2D eigenvalue weighted by Crippen LogP contribution is -2.52. The van der Waals surface area contributed by atoms with Gasteiger partial charge in [-0.05, 0) is 49.9 Å². The maximum atomic E-state index is 12.9. The van der Waals surface area contributed by atoms with Gasteiger partial charge < -0.3 is 15.5 Å². The summed E-state index contributed by atoms with van der Waals surface area (Å²) < 4.78 is 0. The predicted octanol–water partition coefficient (Wildman–Crippen LogP) is 0.678. The van der Waals surface area contributed by atoms with Crippen molar-refractivity contribution in [2.24, 2.45) is 0 Å². The van der Waals surface area contributed by atoms with Crippen LogP contribution in [0.25, 0.3) is 0 Å². The summed E-state index contributed by atoms with van der Waals surface area (Å²) in [5, 5.41) is 9.41. The number of rotatable bonds is 4. The Kier molecular flexibility index (Phi) is 4.97. The fourth-order valence-electron chi connectivity index (χ4n) is 4.28. The first-order chi connectivity index (χ1) is 13.0. The summed E-state index contributed by atoms with van der Waals surface area (Å²) in [6.45, 7) is 4.41. The quantitative estimate of drug-likeness (QED) is 0.678. The molecular weight excluding hydrogens is 344 g/mol. The Morgan fingerprint density at radius 2 is 2.07 bits per heavy atom. The lowest BCUT2D eigenvalue weighted by molar-refractivity contribution is -0.136. The summed E-state index contributed by atoms with van der Waals surface area (Å²) in [5.74, 6) is -0.748. The molecule has 0 aromatic heterocycles. The van der Waals surface area contributed by atoms with Crippen LogP contribution < -0.4 is 16.0 Å². The third-order valence-electron chi connectivity index (χ3n) is 5.92. The Morgan fingerprint density at radius 1 is 1.22 bits per heavy atom. The minimum absolute atomic E-state index is 0.117. The second-order valence-corrected chi connectivity index (χ2v) is 7.76. The third kappa shape index (κ3) is 3.61. The van der Waals surface area contributed by atoms with Crippen molar-refractivity contribution in [3.63, 3.8) is 0 Å². The molecular formula is C20H26N4O3. The summed E-state index contributed by atoms with van der Waals surface area (Å²) in [6.07, 6.45) is 3.00. The Labute approximate surface area is 158 Å². The molecule has 3 aliphatic rings. The highest BCUT2D eigenvalue weighted by Crippen LogP contribution is 2.28. The fourth-order valence-corrected chi connectivity index (χ4v) is 4.28. The molecule has 0 radical (unpaired) electrons. The number of fused-ring (bicyclic) bond motifs is 1. The zero-order chi connectivity index (χ0) is 19.0. The van der Waals surface area contributed by atoms with Gasteiger partial charge in [0.2, 0.25) is 11.8 Å². The molecule has 2 saturated heterocycles. The second-order valence-electron chi connectivity index (χ2n) is 7.76. The number of imide groups is 1. The maximum absolute atomic E-state index is 12.9. The van der Waals surface area contributed by atoms with Gasteiger partial charge in [-0.2, -0.15) is 0 Å². The number of nitrogens with zero attached hydrogens (tertiary/aromatic N) is 1. The number of benzene rings is 1. The molecule has 3 aliphatic heterocycles.